The molecule has 1 aromatic heterocycles. The molecule has 0 saturated carbocycles. The number of amides is 2. The molecular weight excluding hydrogens is 384 g/mol. The molecule has 1 unspecified atom stereocenters. The Morgan fingerprint density at radius 1 is 1.35 bits per heavy atom. The number of nitrogens with one attached hydrogen (secondary N) is 2. The van der Waals surface area contributed by atoms with Crippen LogP contribution in [-0.2, 0) is 16.0 Å². The van der Waals surface area contributed by atoms with E-state index in [0.29, 0.717) is 32.5 Å². The fourth-order valence-corrected chi connectivity index (χ4v) is 4.09. The van der Waals surface area contributed by atoms with E-state index in [2.05, 4.69) is 10.6 Å². The molecule has 0 aliphatic carbocycles. The van der Waals surface area contributed by atoms with Crippen LogP contribution >= 0.6 is 23.7 Å². The van der Waals surface area contributed by atoms with Crippen LogP contribution in [0.2, 0.25) is 0 Å². The Morgan fingerprint density at radius 2 is 2.08 bits per heavy atom. The van der Waals surface area contributed by atoms with Crippen molar-refractivity contribution in [1.82, 2.24) is 15.5 Å². The van der Waals surface area contributed by atoms with Crippen LogP contribution in [0, 0.1) is 5.92 Å². The highest BCUT2D eigenvalue weighted by Crippen LogP contribution is 2.27. The van der Waals surface area contributed by atoms with E-state index in [1.165, 1.54) is 4.88 Å². The molecule has 0 aromatic carbocycles. The van der Waals surface area contributed by atoms with Gasteiger partial charge in [0.05, 0.1) is 12.6 Å². The SMILES string of the molecule is Cl.O=C(NCCc1cccs1)C1CCN(C(=O)C2CC(F)(F)CN2)CC1. The summed E-state index contributed by atoms with van der Waals surface area (Å²) in [5.74, 6) is -3.16. The molecule has 0 radical (unpaired) electrons. The molecular formula is C17H24ClF2N3O2S. The van der Waals surface area contributed by atoms with Crippen LogP contribution in [0.15, 0.2) is 17.5 Å². The minimum atomic E-state index is -2.80. The Kier molecular flexibility index (Phi) is 7.37. The number of likely N-dealkylation sites (tertiary alicyclic amines) is 1. The molecule has 9 heteroatoms. The summed E-state index contributed by atoms with van der Waals surface area (Å²) in [6.45, 7) is 1.07. The van der Waals surface area contributed by atoms with Crippen LogP contribution in [0.4, 0.5) is 8.78 Å². The van der Waals surface area contributed by atoms with E-state index in [4.69, 9.17) is 0 Å². The van der Waals surface area contributed by atoms with E-state index in [9.17, 15) is 18.4 Å². The van der Waals surface area contributed by atoms with Gasteiger partial charge in [-0.05, 0) is 30.7 Å². The van der Waals surface area contributed by atoms with Gasteiger partial charge in [0.15, 0.2) is 0 Å². The van der Waals surface area contributed by atoms with Crippen LogP contribution in [0.1, 0.15) is 24.1 Å². The lowest BCUT2D eigenvalue weighted by atomic mass is 9.95. The van der Waals surface area contributed by atoms with Crippen molar-refractivity contribution in [1.29, 1.82) is 0 Å². The molecule has 0 spiro atoms. The van der Waals surface area contributed by atoms with Gasteiger partial charge in [0, 0.05) is 36.9 Å². The summed E-state index contributed by atoms with van der Waals surface area (Å²) in [6, 6.07) is 3.23. The van der Waals surface area contributed by atoms with Crippen molar-refractivity contribution < 1.29 is 18.4 Å². The Balaban J connectivity index is 0.00000243. The van der Waals surface area contributed by atoms with E-state index in [-0.39, 0.29) is 30.1 Å². The van der Waals surface area contributed by atoms with Crippen LogP contribution in [0.5, 0.6) is 0 Å². The van der Waals surface area contributed by atoms with Crippen LogP contribution in [0.25, 0.3) is 0 Å². The monoisotopic (exact) mass is 407 g/mol. The molecule has 2 amide bonds. The quantitative estimate of drug-likeness (QED) is 0.785. The van der Waals surface area contributed by atoms with Gasteiger partial charge in [-0.1, -0.05) is 6.07 Å². The van der Waals surface area contributed by atoms with Crippen molar-refractivity contribution in [2.75, 3.05) is 26.2 Å². The summed E-state index contributed by atoms with van der Waals surface area (Å²) >= 11 is 1.67. The van der Waals surface area contributed by atoms with E-state index < -0.39 is 24.9 Å². The van der Waals surface area contributed by atoms with Gasteiger partial charge in [-0.2, -0.15) is 0 Å². The molecule has 0 bridgehead atoms. The van der Waals surface area contributed by atoms with Gasteiger partial charge in [-0.15, -0.1) is 23.7 Å². The largest absolute Gasteiger partial charge is 0.355 e. The minimum absolute atomic E-state index is 0. The van der Waals surface area contributed by atoms with Crippen molar-refractivity contribution in [3.8, 4) is 0 Å². The first-order valence-corrected chi connectivity index (χ1v) is 9.53. The predicted octanol–water partition coefficient (Wildman–Crippen LogP) is 2.06. The van der Waals surface area contributed by atoms with Gasteiger partial charge in [0.2, 0.25) is 11.8 Å². The number of piperidine rings is 1. The van der Waals surface area contributed by atoms with E-state index in [0.717, 1.165) is 6.42 Å². The average Bonchev–Trinajstić information content (AvgIpc) is 3.23. The maximum Gasteiger partial charge on any atom is 0.262 e. The van der Waals surface area contributed by atoms with Gasteiger partial charge < -0.3 is 10.2 Å². The smallest absolute Gasteiger partial charge is 0.262 e. The molecule has 2 saturated heterocycles. The number of halogens is 3. The number of hydrogen-bond acceptors (Lipinski definition) is 4. The Hall–Kier alpha value is -1.25. The van der Waals surface area contributed by atoms with Crippen molar-refractivity contribution in [3.63, 3.8) is 0 Å². The Labute approximate surface area is 161 Å². The fraction of sp³-hybridized carbons (Fsp3) is 0.647. The second kappa shape index (κ2) is 9.10. The van der Waals surface area contributed by atoms with Crippen molar-refractivity contribution in [2.24, 2.45) is 5.92 Å². The third-order valence-electron chi connectivity index (χ3n) is 4.84. The first kappa shape index (κ1) is 21.1. The van der Waals surface area contributed by atoms with Gasteiger partial charge >= 0.3 is 0 Å². The summed E-state index contributed by atoms with van der Waals surface area (Å²) in [5.41, 5.74) is 0. The number of hydrogen-bond donors (Lipinski definition) is 2. The average molecular weight is 408 g/mol. The summed E-state index contributed by atoms with van der Waals surface area (Å²) < 4.78 is 26.4. The highest BCUT2D eigenvalue weighted by Gasteiger charge is 2.44. The molecule has 2 aliphatic rings. The predicted molar refractivity (Wildman–Crippen MR) is 98.9 cm³/mol. The molecule has 2 fully saturated rings. The number of carbonyl (C=O) groups excluding carboxylic acids is 2. The molecule has 146 valence electrons. The van der Waals surface area contributed by atoms with Gasteiger partial charge in [0.1, 0.15) is 0 Å². The van der Waals surface area contributed by atoms with Gasteiger partial charge in [-0.25, -0.2) is 8.78 Å². The zero-order chi connectivity index (χ0) is 17.9. The van der Waals surface area contributed by atoms with Gasteiger partial charge in [0.25, 0.3) is 5.92 Å². The topological polar surface area (TPSA) is 61.4 Å². The lowest BCUT2D eigenvalue weighted by Gasteiger charge is -2.33. The van der Waals surface area contributed by atoms with Gasteiger partial charge in [-0.3, -0.25) is 14.9 Å². The number of carbonyl (C=O) groups is 2. The summed E-state index contributed by atoms with van der Waals surface area (Å²) in [5, 5.41) is 7.57. The number of rotatable bonds is 5. The molecule has 26 heavy (non-hydrogen) atoms. The maximum atomic E-state index is 13.2. The van der Waals surface area contributed by atoms with Crippen molar-refractivity contribution in [2.45, 2.75) is 37.6 Å². The van der Waals surface area contributed by atoms with Crippen LogP contribution < -0.4 is 10.6 Å². The van der Waals surface area contributed by atoms with Crippen LogP contribution in [0.3, 0.4) is 0 Å². The molecule has 1 aromatic rings. The normalized spacial score (nSPS) is 22.7. The molecule has 2 N–H and O–H groups in total. The van der Waals surface area contributed by atoms with Crippen molar-refractivity contribution in [3.05, 3.63) is 22.4 Å². The summed E-state index contributed by atoms with van der Waals surface area (Å²) in [7, 11) is 0. The van der Waals surface area contributed by atoms with E-state index >= 15 is 0 Å². The highest BCUT2D eigenvalue weighted by atomic mass is 35.5. The van der Waals surface area contributed by atoms with E-state index in [1.807, 2.05) is 17.5 Å². The summed E-state index contributed by atoms with van der Waals surface area (Å²) in [4.78, 5) is 27.4. The Morgan fingerprint density at radius 3 is 2.65 bits per heavy atom. The maximum absolute atomic E-state index is 13.2. The minimum Gasteiger partial charge on any atom is -0.355 e. The Bertz CT molecular complexity index is 607. The second-order valence-electron chi connectivity index (χ2n) is 6.71. The second-order valence-corrected chi connectivity index (χ2v) is 7.75. The number of alkyl halides is 2. The van der Waals surface area contributed by atoms with E-state index in [1.54, 1.807) is 16.2 Å². The zero-order valence-corrected chi connectivity index (χ0v) is 16.0. The molecule has 5 nitrogen and oxygen atoms in total. The standard InChI is InChI=1S/C17H23F2N3O2S.ClH/c18-17(19)10-14(21-11-17)16(24)22-7-4-12(5-8-22)15(23)20-6-3-13-2-1-9-25-13;/h1-2,9,12,14,21H,3-8,10-11H2,(H,20,23);1H. The molecule has 3 rings (SSSR count). The molecule has 1 atom stereocenters. The lowest BCUT2D eigenvalue weighted by molar-refractivity contribution is -0.137. The molecule has 3 heterocycles. The summed E-state index contributed by atoms with van der Waals surface area (Å²) in [6.07, 6.45) is 1.55. The van der Waals surface area contributed by atoms with Crippen molar-refractivity contribution >= 4 is 35.6 Å². The lowest BCUT2D eigenvalue weighted by Crippen LogP contribution is -2.48. The van der Waals surface area contributed by atoms with Crippen LogP contribution in [-0.4, -0.2) is 54.9 Å². The zero-order valence-electron chi connectivity index (χ0n) is 14.4. The number of thiophene rings is 1. The first-order chi connectivity index (χ1) is 11.9. The third kappa shape index (κ3) is 5.37. The first-order valence-electron chi connectivity index (χ1n) is 8.65. The number of nitrogens with zero attached hydrogens (tertiary/aromatic N) is 1. The third-order valence-corrected chi connectivity index (χ3v) is 5.77. The molecule has 2 aliphatic heterocycles. The fourth-order valence-electron chi connectivity index (χ4n) is 3.38. The highest BCUT2D eigenvalue weighted by molar-refractivity contribution is 7.09.